The largest absolute Gasteiger partial charge is 0.416 e. The highest BCUT2D eigenvalue weighted by Crippen LogP contribution is 2.37. The minimum absolute atomic E-state index is 0.329. The van der Waals surface area contributed by atoms with Gasteiger partial charge in [0.2, 0.25) is 5.95 Å². The van der Waals surface area contributed by atoms with Crippen LogP contribution in [0.25, 0.3) is 11.6 Å². The monoisotopic (exact) mass is 562 g/mol. The van der Waals surface area contributed by atoms with E-state index in [1.807, 2.05) is 37.0 Å². The average Bonchev–Trinajstić information content (AvgIpc) is 3.58. The third kappa shape index (κ3) is 4.91. The lowest BCUT2D eigenvalue weighted by atomic mass is 9.94. The molecule has 2 N–H and O–H groups in total. The predicted octanol–water partition coefficient (Wildman–Crippen LogP) is 5.73. The molecule has 1 amide bonds. The van der Waals surface area contributed by atoms with Crippen molar-refractivity contribution in [1.29, 1.82) is 0 Å². The summed E-state index contributed by atoms with van der Waals surface area (Å²) in [5, 5.41) is 6.71. The lowest BCUT2D eigenvalue weighted by Gasteiger charge is -2.28. The number of benzene rings is 1. The second kappa shape index (κ2) is 9.83. The zero-order valence-electron chi connectivity index (χ0n) is 21.2. The van der Waals surface area contributed by atoms with Crippen LogP contribution in [0.3, 0.4) is 0 Å². The summed E-state index contributed by atoms with van der Waals surface area (Å²) in [7, 11) is 0. The number of aromatic nitrogens is 4. The van der Waals surface area contributed by atoms with Crippen molar-refractivity contribution in [3.63, 3.8) is 0 Å². The van der Waals surface area contributed by atoms with E-state index in [9.17, 15) is 18.0 Å². The van der Waals surface area contributed by atoms with Crippen LogP contribution in [0.4, 0.5) is 35.6 Å². The number of alkyl halides is 3. The summed E-state index contributed by atoms with van der Waals surface area (Å²) in [4.78, 5) is 32.5. The molecule has 2 aliphatic heterocycles. The van der Waals surface area contributed by atoms with Crippen LogP contribution in [-0.4, -0.2) is 44.2 Å². The maximum Gasteiger partial charge on any atom is 0.416 e. The Balaban J connectivity index is 1.31. The number of hydrogen-bond acceptors (Lipinski definition) is 9. The van der Waals surface area contributed by atoms with Crippen molar-refractivity contribution in [3.8, 4) is 0 Å². The van der Waals surface area contributed by atoms with E-state index in [4.69, 9.17) is 9.98 Å². The molecule has 0 atom stereocenters. The van der Waals surface area contributed by atoms with E-state index < -0.39 is 17.6 Å². The molecule has 0 radical (unpaired) electrons. The average molecular weight is 563 g/mol. The summed E-state index contributed by atoms with van der Waals surface area (Å²) in [5.41, 5.74) is 3.44. The number of carbonyl (C=O) groups is 1. The molecule has 0 unspecified atom stereocenters. The molecule has 40 heavy (non-hydrogen) atoms. The van der Waals surface area contributed by atoms with E-state index in [0.29, 0.717) is 24.7 Å². The van der Waals surface area contributed by atoms with Crippen LogP contribution in [-0.2, 0) is 6.18 Å². The minimum Gasteiger partial charge on any atom is -0.321 e. The van der Waals surface area contributed by atoms with Crippen LogP contribution < -0.4 is 15.5 Å². The molecule has 6 rings (SSSR count). The number of aliphatic imine (C=N–C) groups is 1. The van der Waals surface area contributed by atoms with Gasteiger partial charge in [0, 0.05) is 35.8 Å². The van der Waals surface area contributed by atoms with Gasteiger partial charge in [-0.05, 0) is 72.9 Å². The lowest BCUT2D eigenvalue weighted by Crippen LogP contribution is -2.32. The fourth-order valence-electron chi connectivity index (χ4n) is 4.51. The van der Waals surface area contributed by atoms with Gasteiger partial charge in [-0.15, -0.1) is 0 Å². The topological polar surface area (TPSA) is 108 Å². The Labute approximate surface area is 230 Å². The molecule has 2 aliphatic rings. The molecule has 0 saturated carbocycles. The van der Waals surface area contributed by atoms with Crippen molar-refractivity contribution < 1.29 is 18.0 Å². The van der Waals surface area contributed by atoms with E-state index in [1.54, 1.807) is 18.3 Å². The number of anilines is 4. The summed E-state index contributed by atoms with van der Waals surface area (Å²) >= 11 is 1.33. The molecule has 0 aliphatic carbocycles. The van der Waals surface area contributed by atoms with Gasteiger partial charge >= 0.3 is 6.18 Å². The number of aryl methyl sites for hydroxylation is 2. The molecule has 0 saturated heterocycles. The number of halogens is 3. The molecule has 0 fully saturated rings. The molecular formula is C27H21F3N8OS. The molecule has 5 heterocycles. The number of amides is 1. The van der Waals surface area contributed by atoms with Crippen LogP contribution >= 0.6 is 11.5 Å². The Morgan fingerprint density at radius 1 is 1.10 bits per heavy atom. The van der Waals surface area contributed by atoms with E-state index in [1.165, 1.54) is 11.5 Å². The number of carbonyl (C=O) groups excluding carboxylic acids is 1. The SMILES string of the molecule is Cc1cc(Nc2ncc3c(n2)N2CCN=C2C(c2cc(NC(=O)c4cc(C(F)(F)F)ccn4)ccc2C)=C3)sn1. The van der Waals surface area contributed by atoms with Crippen LogP contribution in [0.2, 0.25) is 0 Å². The van der Waals surface area contributed by atoms with Crippen LogP contribution in [0, 0.1) is 13.8 Å². The van der Waals surface area contributed by atoms with Crippen LogP contribution in [0.1, 0.15) is 38.4 Å². The van der Waals surface area contributed by atoms with Crippen molar-refractivity contribution in [2.45, 2.75) is 20.0 Å². The quantitative estimate of drug-likeness (QED) is 0.320. The molecule has 13 heteroatoms. The smallest absolute Gasteiger partial charge is 0.321 e. The van der Waals surface area contributed by atoms with Crippen molar-refractivity contribution in [2.24, 2.45) is 4.99 Å². The van der Waals surface area contributed by atoms with Gasteiger partial charge in [0.25, 0.3) is 5.91 Å². The number of pyridine rings is 1. The van der Waals surface area contributed by atoms with E-state index in [-0.39, 0.29) is 5.69 Å². The van der Waals surface area contributed by atoms with Gasteiger partial charge < -0.3 is 15.5 Å². The Morgan fingerprint density at radius 3 is 2.73 bits per heavy atom. The minimum atomic E-state index is -4.58. The summed E-state index contributed by atoms with van der Waals surface area (Å²) in [6.07, 6.45) is 0.0942. The first-order valence-electron chi connectivity index (χ1n) is 12.2. The second-order valence-corrected chi connectivity index (χ2v) is 10.1. The fourth-order valence-corrected chi connectivity index (χ4v) is 5.17. The number of nitrogens with one attached hydrogen (secondary N) is 2. The summed E-state index contributed by atoms with van der Waals surface area (Å²) < 4.78 is 43.6. The molecule has 0 spiro atoms. The summed E-state index contributed by atoms with van der Waals surface area (Å²) in [6.45, 7) is 5.08. The molecule has 3 aromatic heterocycles. The maximum absolute atomic E-state index is 13.1. The first-order chi connectivity index (χ1) is 19.2. The van der Waals surface area contributed by atoms with E-state index in [2.05, 4.69) is 25.0 Å². The number of rotatable bonds is 5. The van der Waals surface area contributed by atoms with Crippen molar-refractivity contribution >= 4 is 57.4 Å². The number of hydrogen-bond donors (Lipinski definition) is 2. The lowest BCUT2D eigenvalue weighted by molar-refractivity contribution is -0.137. The Hall–Kier alpha value is -4.65. The number of nitrogens with zero attached hydrogens (tertiary/aromatic N) is 6. The highest BCUT2D eigenvalue weighted by Gasteiger charge is 2.32. The van der Waals surface area contributed by atoms with Crippen molar-refractivity contribution in [2.75, 3.05) is 28.6 Å². The third-order valence-corrected chi connectivity index (χ3v) is 7.20. The fraction of sp³-hybridized carbons (Fsp3) is 0.185. The Kier molecular flexibility index (Phi) is 6.29. The zero-order valence-corrected chi connectivity index (χ0v) is 22.1. The highest BCUT2D eigenvalue weighted by atomic mass is 32.1. The zero-order chi connectivity index (χ0) is 28.0. The van der Waals surface area contributed by atoms with E-state index >= 15 is 0 Å². The first-order valence-corrected chi connectivity index (χ1v) is 13.0. The number of amidine groups is 1. The van der Waals surface area contributed by atoms with Crippen LogP contribution in [0.15, 0.2) is 53.8 Å². The Morgan fingerprint density at radius 2 is 1.95 bits per heavy atom. The molecule has 202 valence electrons. The summed E-state index contributed by atoms with van der Waals surface area (Å²) in [6, 6.07) is 8.78. The van der Waals surface area contributed by atoms with Gasteiger partial charge in [-0.25, -0.2) is 4.98 Å². The Bertz CT molecular complexity index is 1710. The van der Waals surface area contributed by atoms with Crippen molar-refractivity contribution in [1.82, 2.24) is 19.3 Å². The predicted molar refractivity (Wildman–Crippen MR) is 148 cm³/mol. The normalized spacial score (nSPS) is 14.3. The summed E-state index contributed by atoms with van der Waals surface area (Å²) in [5.74, 6) is 1.19. The molecular weight excluding hydrogens is 541 g/mol. The molecule has 1 aromatic carbocycles. The highest BCUT2D eigenvalue weighted by molar-refractivity contribution is 7.10. The van der Waals surface area contributed by atoms with Crippen LogP contribution in [0.5, 0.6) is 0 Å². The first kappa shape index (κ1) is 25.6. The van der Waals surface area contributed by atoms with Gasteiger partial charge in [0.15, 0.2) is 0 Å². The van der Waals surface area contributed by atoms with Crippen molar-refractivity contribution in [3.05, 3.63) is 82.4 Å². The van der Waals surface area contributed by atoms with Gasteiger partial charge in [0.05, 0.1) is 17.8 Å². The number of fused-ring (bicyclic) bond motifs is 3. The third-order valence-electron chi connectivity index (χ3n) is 6.40. The van der Waals surface area contributed by atoms with Gasteiger partial charge in [-0.2, -0.15) is 22.5 Å². The molecule has 9 nitrogen and oxygen atoms in total. The molecule has 0 bridgehead atoms. The van der Waals surface area contributed by atoms with Gasteiger partial charge in [0.1, 0.15) is 22.3 Å². The van der Waals surface area contributed by atoms with Gasteiger partial charge in [-0.3, -0.25) is 14.8 Å². The maximum atomic E-state index is 13.1. The standard InChI is InChI=1S/C27H21F3N8OS/c1-14-3-4-18(34-25(39)21-11-17(5-6-31-21)27(28,29)30)12-19(14)20-10-16-13-33-26(35-22-9-15(2)37-40-22)36-23(16)38-8-7-32-24(20)38/h3-6,9-13H,7-8H2,1-2H3,(H,34,39)(H,33,35,36). The van der Waals surface area contributed by atoms with E-state index in [0.717, 1.165) is 62.9 Å². The second-order valence-electron chi connectivity index (χ2n) is 9.26. The van der Waals surface area contributed by atoms with Gasteiger partial charge in [-0.1, -0.05) is 6.07 Å². The molecule has 4 aromatic rings.